The molecule has 0 heterocycles. The van der Waals surface area contributed by atoms with E-state index in [4.69, 9.17) is 0 Å². The zero-order valence-corrected chi connectivity index (χ0v) is 10.2. The van der Waals surface area contributed by atoms with Crippen molar-refractivity contribution in [1.29, 1.82) is 0 Å². The molecule has 0 bridgehead atoms. The van der Waals surface area contributed by atoms with Crippen LogP contribution in [-0.2, 0) is 0 Å². The first-order valence-corrected chi connectivity index (χ1v) is 5.79. The predicted molar refractivity (Wildman–Crippen MR) is 72.0 cm³/mol. The molecule has 1 nitrogen and oxygen atoms in total. The van der Waals surface area contributed by atoms with Crippen LogP contribution in [0.5, 0.6) is 0 Å². The van der Waals surface area contributed by atoms with E-state index < -0.39 is 0 Å². The van der Waals surface area contributed by atoms with Gasteiger partial charge in [0.05, 0.1) is 0 Å². The van der Waals surface area contributed by atoms with E-state index in [0.717, 1.165) is 13.1 Å². The number of hydrogen-bond donors (Lipinski definition) is 0. The minimum absolute atomic E-state index is 1.05. The minimum Gasteiger partial charge on any atom is -0.231 e. The summed E-state index contributed by atoms with van der Waals surface area (Å²) in [5.41, 5.74) is 2.50. The molecule has 16 heavy (non-hydrogen) atoms. The Morgan fingerprint density at radius 2 is 1.69 bits per heavy atom. The van der Waals surface area contributed by atoms with Gasteiger partial charge in [-0.1, -0.05) is 30.9 Å². The van der Waals surface area contributed by atoms with Crippen molar-refractivity contribution in [3.8, 4) is 0 Å². The maximum atomic E-state index is 3.64. The summed E-state index contributed by atoms with van der Waals surface area (Å²) in [6, 6.07) is 0. The lowest BCUT2D eigenvalue weighted by molar-refractivity contribution is -0.519. The van der Waals surface area contributed by atoms with Crippen molar-refractivity contribution in [1.82, 2.24) is 0 Å². The molecule has 0 spiro atoms. The average molecular weight is 214 g/mol. The summed E-state index contributed by atoms with van der Waals surface area (Å²) >= 11 is 0. The van der Waals surface area contributed by atoms with Crippen molar-refractivity contribution >= 4 is 5.71 Å². The van der Waals surface area contributed by atoms with E-state index in [-0.39, 0.29) is 0 Å². The lowest BCUT2D eigenvalue weighted by Gasteiger charge is -2.04. The monoisotopic (exact) mass is 214 g/mol. The van der Waals surface area contributed by atoms with Crippen LogP contribution in [0.25, 0.3) is 0 Å². The van der Waals surface area contributed by atoms with Crippen molar-refractivity contribution in [3.05, 3.63) is 60.8 Å². The van der Waals surface area contributed by atoms with Crippen LogP contribution in [0.3, 0.4) is 0 Å². The fourth-order valence-corrected chi connectivity index (χ4v) is 1.63. The Morgan fingerprint density at radius 1 is 1.06 bits per heavy atom. The summed E-state index contributed by atoms with van der Waals surface area (Å²) in [4.78, 5) is 0. The van der Waals surface area contributed by atoms with Crippen LogP contribution in [0.1, 0.15) is 13.8 Å². The molecule has 1 aliphatic carbocycles. The van der Waals surface area contributed by atoms with Gasteiger partial charge in [0.1, 0.15) is 13.1 Å². The van der Waals surface area contributed by atoms with Crippen LogP contribution in [0.2, 0.25) is 0 Å². The zero-order chi connectivity index (χ0) is 11.8. The van der Waals surface area contributed by atoms with Crippen LogP contribution in [-0.4, -0.2) is 23.4 Å². The smallest absolute Gasteiger partial charge is 0.199 e. The van der Waals surface area contributed by atoms with Crippen molar-refractivity contribution in [2.24, 2.45) is 0 Å². The summed E-state index contributed by atoms with van der Waals surface area (Å²) < 4.78 is 2.34. The topological polar surface area (TPSA) is 3.01 Å². The number of rotatable bonds is 4. The molecule has 0 atom stereocenters. The molecule has 0 saturated carbocycles. The van der Waals surface area contributed by atoms with Gasteiger partial charge in [-0.3, -0.25) is 0 Å². The summed E-state index contributed by atoms with van der Waals surface area (Å²) in [6.45, 7) is 10.1. The van der Waals surface area contributed by atoms with Crippen molar-refractivity contribution in [2.75, 3.05) is 13.1 Å². The Bertz CT molecular complexity index is 366. The predicted octanol–water partition coefficient (Wildman–Crippen LogP) is 3.27. The molecule has 0 aromatic rings. The molecule has 0 radical (unpaired) electrons. The van der Waals surface area contributed by atoms with Crippen molar-refractivity contribution < 1.29 is 4.58 Å². The highest BCUT2D eigenvalue weighted by Gasteiger charge is 2.07. The fraction of sp³-hybridized carbons (Fsp3) is 0.267. The highest BCUT2D eigenvalue weighted by atomic mass is 15.0. The standard InChI is InChI=1S/C15H20N/c1-4-7-8-9-14-10-12-15(13-11-14)16(5-2)6-3/h4,7-13H,1,5-6H2,2-3H3/q+1. The molecule has 0 saturated heterocycles. The van der Waals surface area contributed by atoms with E-state index in [9.17, 15) is 0 Å². The van der Waals surface area contributed by atoms with Gasteiger partial charge in [-0.2, -0.15) is 0 Å². The number of nitrogens with zero attached hydrogens (tertiary/aromatic N) is 1. The van der Waals surface area contributed by atoms with Gasteiger partial charge in [0.25, 0.3) is 0 Å². The molecular weight excluding hydrogens is 194 g/mol. The molecule has 0 N–H and O–H groups in total. The Morgan fingerprint density at radius 3 is 2.19 bits per heavy atom. The average Bonchev–Trinajstić information content (AvgIpc) is 2.33. The molecule has 84 valence electrons. The molecular formula is C15H20N+. The van der Waals surface area contributed by atoms with Gasteiger partial charge in [-0.25, -0.2) is 4.58 Å². The van der Waals surface area contributed by atoms with Crippen LogP contribution < -0.4 is 0 Å². The lowest BCUT2D eigenvalue weighted by Crippen LogP contribution is -2.18. The second-order valence-electron chi connectivity index (χ2n) is 3.55. The van der Waals surface area contributed by atoms with Crippen LogP contribution in [0.4, 0.5) is 0 Å². The van der Waals surface area contributed by atoms with Crippen LogP contribution in [0, 0.1) is 0 Å². The molecule has 1 heteroatoms. The Balaban J connectivity index is 2.80. The molecule has 0 aromatic carbocycles. The second-order valence-corrected chi connectivity index (χ2v) is 3.55. The maximum Gasteiger partial charge on any atom is 0.199 e. The van der Waals surface area contributed by atoms with E-state index in [1.165, 1.54) is 11.3 Å². The van der Waals surface area contributed by atoms with Gasteiger partial charge in [-0.05, 0) is 31.6 Å². The van der Waals surface area contributed by atoms with Crippen LogP contribution >= 0.6 is 0 Å². The SMILES string of the molecule is C=CC=CC=C1C=CC(=[N+](CC)CC)C=C1. The number of allylic oxidation sites excluding steroid dienone is 9. The fourth-order valence-electron chi connectivity index (χ4n) is 1.63. The first-order valence-electron chi connectivity index (χ1n) is 5.79. The van der Waals surface area contributed by atoms with Gasteiger partial charge in [0, 0.05) is 12.2 Å². The lowest BCUT2D eigenvalue weighted by atomic mass is 10.1. The highest BCUT2D eigenvalue weighted by molar-refractivity contribution is 6.02. The molecule has 0 aromatic heterocycles. The molecule has 0 aliphatic heterocycles. The van der Waals surface area contributed by atoms with Gasteiger partial charge in [0.2, 0.25) is 0 Å². The summed E-state index contributed by atoms with van der Waals surface area (Å²) in [5, 5.41) is 0. The van der Waals surface area contributed by atoms with Crippen molar-refractivity contribution in [3.63, 3.8) is 0 Å². The molecule has 1 aliphatic rings. The summed E-state index contributed by atoms with van der Waals surface area (Å²) in [6.07, 6.45) is 16.4. The first-order chi connectivity index (χ1) is 7.81. The Labute approximate surface area is 98.5 Å². The Kier molecular flexibility index (Phi) is 5.27. The first kappa shape index (κ1) is 12.4. The van der Waals surface area contributed by atoms with Gasteiger partial charge in [-0.15, -0.1) is 0 Å². The summed E-state index contributed by atoms with van der Waals surface area (Å²) in [7, 11) is 0. The quantitative estimate of drug-likeness (QED) is 0.499. The maximum absolute atomic E-state index is 3.64. The normalized spacial score (nSPS) is 14.6. The summed E-state index contributed by atoms with van der Waals surface area (Å²) in [5.74, 6) is 0. The van der Waals surface area contributed by atoms with E-state index in [1.54, 1.807) is 6.08 Å². The van der Waals surface area contributed by atoms with E-state index >= 15 is 0 Å². The largest absolute Gasteiger partial charge is 0.231 e. The minimum atomic E-state index is 1.05. The third-order valence-corrected chi connectivity index (χ3v) is 2.56. The van der Waals surface area contributed by atoms with Gasteiger partial charge in [0.15, 0.2) is 5.71 Å². The molecule has 1 rings (SSSR count). The van der Waals surface area contributed by atoms with Crippen molar-refractivity contribution in [2.45, 2.75) is 13.8 Å². The third-order valence-electron chi connectivity index (χ3n) is 2.56. The zero-order valence-electron chi connectivity index (χ0n) is 10.2. The van der Waals surface area contributed by atoms with Gasteiger partial charge < -0.3 is 0 Å². The highest BCUT2D eigenvalue weighted by Crippen LogP contribution is 2.07. The van der Waals surface area contributed by atoms with E-state index in [0.29, 0.717) is 0 Å². The third kappa shape index (κ3) is 3.50. The Hall–Kier alpha value is -1.63. The molecule has 0 fully saturated rings. The van der Waals surface area contributed by atoms with Crippen LogP contribution in [0.15, 0.2) is 60.8 Å². The molecule has 0 amide bonds. The molecule has 0 unspecified atom stereocenters. The van der Waals surface area contributed by atoms with Gasteiger partial charge >= 0.3 is 0 Å². The second kappa shape index (κ2) is 6.78. The number of hydrogen-bond acceptors (Lipinski definition) is 0. The van der Waals surface area contributed by atoms with E-state index in [1.807, 2.05) is 12.2 Å². The van der Waals surface area contributed by atoms with E-state index in [2.05, 4.69) is 55.4 Å².